The summed E-state index contributed by atoms with van der Waals surface area (Å²) >= 11 is 0. The van der Waals surface area contributed by atoms with Crippen molar-refractivity contribution in [3.8, 4) is 0 Å². The van der Waals surface area contributed by atoms with Gasteiger partial charge in [0, 0.05) is 42.5 Å². The maximum Gasteiger partial charge on any atom is 0.270 e. The highest BCUT2D eigenvalue weighted by atomic mass is 16.5. The number of hydrogen-bond acceptors (Lipinski definition) is 3. The molecule has 1 atom stereocenters. The molecular formula is C19H25N3O2. The highest BCUT2D eigenvalue weighted by Gasteiger charge is 2.39. The van der Waals surface area contributed by atoms with Crippen molar-refractivity contribution in [1.29, 1.82) is 0 Å². The molecule has 24 heavy (non-hydrogen) atoms. The molecular weight excluding hydrogens is 302 g/mol. The lowest BCUT2D eigenvalue weighted by Crippen LogP contribution is -2.51. The summed E-state index contributed by atoms with van der Waals surface area (Å²) in [7, 11) is 2.15. The van der Waals surface area contributed by atoms with Crippen molar-refractivity contribution in [2.24, 2.45) is 5.41 Å². The average molecular weight is 327 g/mol. The van der Waals surface area contributed by atoms with Crippen LogP contribution in [0.3, 0.4) is 0 Å². The minimum atomic E-state index is 0.0746. The number of aromatic amines is 1. The topological polar surface area (TPSA) is 48.6 Å². The molecule has 4 rings (SSSR count). The van der Waals surface area contributed by atoms with Crippen LogP contribution in [0.25, 0.3) is 10.9 Å². The van der Waals surface area contributed by atoms with Crippen molar-refractivity contribution in [1.82, 2.24) is 14.8 Å². The van der Waals surface area contributed by atoms with E-state index in [0.29, 0.717) is 5.69 Å². The average Bonchev–Trinajstić information content (AvgIpc) is 2.94. The van der Waals surface area contributed by atoms with Gasteiger partial charge >= 0.3 is 0 Å². The zero-order valence-electron chi connectivity index (χ0n) is 14.3. The Balaban J connectivity index is 1.55. The molecule has 1 amide bonds. The number of ether oxygens (including phenoxy) is 1. The van der Waals surface area contributed by atoms with Crippen LogP contribution in [-0.4, -0.2) is 67.1 Å². The summed E-state index contributed by atoms with van der Waals surface area (Å²) in [5, 5.41) is 1.09. The Morgan fingerprint density at radius 3 is 3.00 bits per heavy atom. The molecule has 0 saturated carbocycles. The summed E-state index contributed by atoms with van der Waals surface area (Å²) in [5.41, 5.74) is 1.78. The van der Waals surface area contributed by atoms with E-state index in [9.17, 15) is 4.79 Å². The monoisotopic (exact) mass is 327 g/mol. The maximum absolute atomic E-state index is 13.0. The van der Waals surface area contributed by atoms with Gasteiger partial charge in [0.25, 0.3) is 5.91 Å². The van der Waals surface area contributed by atoms with Crippen LogP contribution >= 0.6 is 0 Å². The quantitative estimate of drug-likeness (QED) is 0.875. The summed E-state index contributed by atoms with van der Waals surface area (Å²) < 4.78 is 5.85. The third kappa shape index (κ3) is 2.94. The van der Waals surface area contributed by atoms with E-state index < -0.39 is 0 Å². The fraction of sp³-hybridized carbons (Fsp3) is 0.526. The number of piperidine rings is 1. The Morgan fingerprint density at radius 1 is 1.25 bits per heavy atom. The largest absolute Gasteiger partial charge is 0.379 e. The molecule has 1 aromatic carbocycles. The van der Waals surface area contributed by atoms with Crippen molar-refractivity contribution in [3.63, 3.8) is 0 Å². The summed E-state index contributed by atoms with van der Waals surface area (Å²) in [5.74, 6) is 0.108. The fourth-order valence-corrected chi connectivity index (χ4v) is 4.19. The molecule has 0 unspecified atom stereocenters. The van der Waals surface area contributed by atoms with E-state index in [0.717, 1.165) is 63.1 Å². The van der Waals surface area contributed by atoms with Gasteiger partial charge in [-0.2, -0.15) is 0 Å². The third-order valence-corrected chi connectivity index (χ3v) is 5.34. The van der Waals surface area contributed by atoms with Crippen LogP contribution in [0, 0.1) is 5.41 Å². The summed E-state index contributed by atoms with van der Waals surface area (Å²) in [6, 6.07) is 10.0. The Hall–Kier alpha value is -1.85. The van der Waals surface area contributed by atoms with Gasteiger partial charge in [-0.05, 0) is 32.0 Å². The number of para-hydroxylation sites is 1. The maximum atomic E-state index is 13.0. The number of likely N-dealkylation sites (tertiary alicyclic amines) is 1. The normalized spacial score (nSPS) is 26.0. The SMILES string of the molecule is CN1CCOC[C@@]2(CCCN(C(=O)c3cc4ccccc4[nH]3)C2)C1. The van der Waals surface area contributed by atoms with Gasteiger partial charge in [0.15, 0.2) is 0 Å². The standard InChI is InChI=1S/C19H25N3O2/c1-21-9-10-24-14-19(12-21)7-4-8-22(13-19)18(23)17-11-15-5-2-3-6-16(15)20-17/h2-3,5-6,11,20H,4,7-10,12-14H2,1H3/t19-/m0/s1. The van der Waals surface area contributed by atoms with E-state index in [1.54, 1.807) is 0 Å². The van der Waals surface area contributed by atoms with Crippen molar-refractivity contribution in [2.45, 2.75) is 12.8 Å². The van der Waals surface area contributed by atoms with Crippen LogP contribution in [0.15, 0.2) is 30.3 Å². The molecule has 128 valence electrons. The minimum Gasteiger partial charge on any atom is -0.379 e. The van der Waals surface area contributed by atoms with Gasteiger partial charge in [-0.25, -0.2) is 0 Å². The Morgan fingerprint density at radius 2 is 2.12 bits per heavy atom. The molecule has 5 heteroatoms. The van der Waals surface area contributed by atoms with Crippen molar-refractivity contribution in [2.75, 3.05) is 46.4 Å². The number of H-pyrrole nitrogens is 1. The molecule has 2 fully saturated rings. The number of carbonyl (C=O) groups excluding carboxylic acids is 1. The van der Waals surface area contributed by atoms with Gasteiger partial charge in [0.05, 0.1) is 13.2 Å². The number of nitrogens with zero attached hydrogens (tertiary/aromatic N) is 2. The van der Waals surface area contributed by atoms with E-state index in [-0.39, 0.29) is 11.3 Å². The molecule has 2 aliphatic rings. The Kier molecular flexibility index (Phi) is 4.06. The van der Waals surface area contributed by atoms with E-state index in [1.165, 1.54) is 0 Å². The molecule has 0 radical (unpaired) electrons. The van der Waals surface area contributed by atoms with Gasteiger partial charge in [-0.3, -0.25) is 4.79 Å². The number of fused-ring (bicyclic) bond motifs is 1. The van der Waals surface area contributed by atoms with Gasteiger partial charge < -0.3 is 19.5 Å². The number of nitrogens with one attached hydrogen (secondary N) is 1. The first-order chi connectivity index (χ1) is 11.7. The van der Waals surface area contributed by atoms with E-state index >= 15 is 0 Å². The summed E-state index contributed by atoms with van der Waals surface area (Å²) in [6.45, 7) is 5.13. The smallest absolute Gasteiger partial charge is 0.270 e. The fourth-order valence-electron chi connectivity index (χ4n) is 4.19. The molecule has 1 N–H and O–H groups in total. The lowest BCUT2D eigenvalue weighted by atomic mass is 9.80. The summed E-state index contributed by atoms with van der Waals surface area (Å²) in [4.78, 5) is 20.6. The molecule has 2 saturated heterocycles. The molecule has 0 aliphatic carbocycles. The highest BCUT2D eigenvalue weighted by Crippen LogP contribution is 2.33. The van der Waals surface area contributed by atoms with Crippen molar-refractivity contribution >= 4 is 16.8 Å². The van der Waals surface area contributed by atoms with Crippen LogP contribution in [0.5, 0.6) is 0 Å². The van der Waals surface area contributed by atoms with Crippen LogP contribution < -0.4 is 0 Å². The van der Waals surface area contributed by atoms with E-state index in [1.807, 2.05) is 35.2 Å². The second-order valence-electron chi connectivity index (χ2n) is 7.39. The van der Waals surface area contributed by atoms with E-state index in [2.05, 4.69) is 16.9 Å². The summed E-state index contributed by atoms with van der Waals surface area (Å²) in [6.07, 6.45) is 2.18. The van der Waals surface area contributed by atoms with Crippen molar-refractivity contribution < 1.29 is 9.53 Å². The number of amides is 1. The molecule has 1 spiro atoms. The van der Waals surface area contributed by atoms with E-state index in [4.69, 9.17) is 4.74 Å². The number of benzene rings is 1. The van der Waals surface area contributed by atoms with Crippen LogP contribution in [0.2, 0.25) is 0 Å². The number of rotatable bonds is 1. The lowest BCUT2D eigenvalue weighted by molar-refractivity contribution is 0.00841. The molecule has 3 heterocycles. The third-order valence-electron chi connectivity index (χ3n) is 5.34. The zero-order valence-corrected chi connectivity index (χ0v) is 14.3. The first kappa shape index (κ1) is 15.7. The van der Waals surface area contributed by atoms with Crippen LogP contribution in [-0.2, 0) is 4.74 Å². The molecule has 2 aromatic rings. The van der Waals surface area contributed by atoms with Crippen LogP contribution in [0.1, 0.15) is 23.3 Å². The first-order valence-electron chi connectivity index (χ1n) is 8.79. The molecule has 0 bridgehead atoms. The number of aromatic nitrogens is 1. The Bertz CT molecular complexity index is 708. The predicted molar refractivity (Wildman–Crippen MR) is 94.2 cm³/mol. The Labute approximate surface area is 142 Å². The van der Waals surface area contributed by atoms with Crippen molar-refractivity contribution in [3.05, 3.63) is 36.0 Å². The number of hydrogen-bond donors (Lipinski definition) is 1. The van der Waals surface area contributed by atoms with Gasteiger partial charge in [0.1, 0.15) is 5.69 Å². The molecule has 5 nitrogen and oxygen atoms in total. The van der Waals surface area contributed by atoms with Gasteiger partial charge in [-0.15, -0.1) is 0 Å². The molecule has 1 aromatic heterocycles. The number of carbonyl (C=O) groups is 1. The van der Waals surface area contributed by atoms with Gasteiger partial charge in [0.2, 0.25) is 0 Å². The minimum absolute atomic E-state index is 0.0746. The second kappa shape index (κ2) is 6.22. The van der Waals surface area contributed by atoms with Gasteiger partial charge in [-0.1, -0.05) is 18.2 Å². The second-order valence-corrected chi connectivity index (χ2v) is 7.39. The lowest BCUT2D eigenvalue weighted by Gasteiger charge is -2.43. The number of likely N-dealkylation sites (N-methyl/N-ethyl adjacent to an activating group) is 1. The zero-order chi connectivity index (χ0) is 16.6. The van der Waals surface area contributed by atoms with Crippen LogP contribution in [0.4, 0.5) is 0 Å². The first-order valence-corrected chi connectivity index (χ1v) is 8.79. The predicted octanol–water partition coefficient (Wildman–Crippen LogP) is 2.35. The molecule has 2 aliphatic heterocycles. The highest BCUT2D eigenvalue weighted by molar-refractivity contribution is 5.98.